The van der Waals surface area contributed by atoms with Crippen molar-refractivity contribution in [3.63, 3.8) is 0 Å². The zero-order chi connectivity index (χ0) is 24.1. The molecule has 4 rings (SSSR count). The van der Waals surface area contributed by atoms with Crippen LogP contribution >= 0.6 is 0 Å². The molecule has 0 radical (unpaired) electrons. The van der Waals surface area contributed by atoms with Gasteiger partial charge in [-0.25, -0.2) is 4.79 Å². The van der Waals surface area contributed by atoms with Gasteiger partial charge in [-0.15, -0.1) is 0 Å². The number of nitrogens with two attached hydrogens (primary N) is 1. The molecule has 0 saturated carbocycles. The number of nitrogens with zero attached hydrogens (tertiary/aromatic N) is 1. The Morgan fingerprint density at radius 3 is 2.53 bits per heavy atom. The standard InChI is InChI=1S/C27H24N2O5/c1-3-17-7-9-19(10-8-17)32-16-25(30)33-21-11-12-22-24(14-21)34-27(29)23(15-28)26(22)18-5-4-6-20(13-18)31-2/h4-14,26H,3,16,29H2,1-2H3. The number of hydrogen-bond donors (Lipinski definition) is 1. The van der Waals surface area contributed by atoms with Crippen LogP contribution in [0.15, 0.2) is 78.2 Å². The van der Waals surface area contributed by atoms with E-state index in [4.69, 9.17) is 24.7 Å². The highest BCUT2D eigenvalue weighted by Gasteiger charge is 2.31. The van der Waals surface area contributed by atoms with E-state index in [1.165, 1.54) is 5.56 Å². The highest BCUT2D eigenvalue weighted by molar-refractivity contribution is 5.74. The van der Waals surface area contributed by atoms with Crippen LogP contribution in [0.3, 0.4) is 0 Å². The molecule has 1 heterocycles. The minimum Gasteiger partial charge on any atom is -0.497 e. The minimum atomic E-state index is -0.555. The van der Waals surface area contributed by atoms with Crippen molar-refractivity contribution in [1.29, 1.82) is 5.26 Å². The summed E-state index contributed by atoms with van der Waals surface area (Å²) in [5.74, 6) is 0.952. The largest absolute Gasteiger partial charge is 0.497 e. The fraction of sp³-hybridized carbons (Fsp3) is 0.185. The summed E-state index contributed by atoms with van der Waals surface area (Å²) < 4.78 is 22.0. The SMILES string of the molecule is CCc1ccc(OCC(=O)Oc2ccc3c(c2)OC(N)=C(C#N)C3c2cccc(OC)c2)cc1. The smallest absolute Gasteiger partial charge is 0.349 e. The maximum Gasteiger partial charge on any atom is 0.349 e. The number of aryl methyl sites for hydroxylation is 1. The number of fused-ring (bicyclic) bond motifs is 1. The molecule has 3 aromatic carbocycles. The monoisotopic (exact) mass is 456 g/mol. The lowest BCUT2D eigenvalue weighted by Gasteiger charge is -2.27. The fourth-order valence-corrected chi connectivity index (χ4v) is 3.79. The van der Waals surface area contributed by atoms with Gasteiger partial charge >= 0.3 is 5.97 Å². The number of carbonyl (C=O) groups is 1. The van der Waals surface area contributed by atoms with Crippen LogP contribution in [0.5, 0.6) is 23.0 Å². The van der Waals surface area contributed by atoms with Crippen molar-refractivity contribution in [3.8, 4) is 29.1 Å². The molecule has 0 spiro atoms. The molecular weight excluding hydrogens is 432 g/mol. The van der Waals surface area contributed by atoms with Gasteiger partial charge in [0.2, 0.25) is 5.88 Å². The van der Waals surface area contributed by atoms with E-state index in [2.05, 4.69) is 13.0 Å². The van der Waals surface area contributed by atoms with E-state index in [0.29, 0.717) is 22.8 Å². The van der Waals surface area contributed by atoms with Crippen molar-refractivity contribution in [1.82, 2.24) is 0 Å². The van der Waals surface area contributed by atoms with E-state index in [1.54, 1.807) is 25.3 Å². The molecule has 0 saturated heterocycles. The van der Waals surface area contributed by atoms with Crippen LogP contribution in [0, 0.1) is 11.3 Å². The van der Waals surface area contributed by atoms with Gasteiger partial charge in [0, 0.05) is 11.6 Å². The second kappa shape index (κ2) is 10.0. The van der Waals surface area contributed by atoms with E-state index in [-0.39, 0.29) is 18.2 Å². The molecule has 0 aliphatic carbocycles. The third-order valence-electron chi connectivity index (χ3n) is 5.54. The molecule has 0 fully saturated rings. The first kappa shape index (κ1) is 22.7. The van der Waals surface area contributed by atoms with Gasteiger partial charge in [0.05, 0.1) is 13.0 Å². The first-order valence-electron chi connectivity index (χ1n) is 10.8. The Labute approximate surface area is 197 Å². The molecule has 172 valence electrons. The maximum absolute atomic E-state index is 12.3. The fourth-order valence-electron chi connectivity index (χ4n) is 3.79. The highest BCUT2D eigenvalue weighted by atomic mass is 16.6. The Morgan fingerprint density at radius 2 is 1.82 bits per heavy atom. The molecule has 0 amide bonds. The molecule has 7 heteroatoms. The van der Waals surface area contributed by atoms with Crippen molar-refractivity contribution < 1.29 is 23.7 Å². The number of methoxy groups -OCH3 is 1. The maximum atomic E-state index is 12.3. The Morgan fingerprint density at radius 1 is 1.06 bits per heavy atom. The lowest BCUT2D eigenvalue weighted by molar-refractivity contribution is -0.136. The number of nitriles is 1. The average Bonchev–Trinajstić information content (AvgIpc) is 2.86. The van der Waals surface area contributed by atoms with Crippen LogP contribution in [-0.2, 0) is 11.2 Å². The van der Waals surface area contributed by atoms with Gasteiger partial charge < -0.3 is 24.7 Å². The topological polar surface area (TPSA) is 104 Å². The molecule has 1 aliphatic heterocycles. The molecule has 0 bridgehead atoms. The van der Waals surface area contributed by atoms with Crippen molar-refractivity contribution >= 4 is 5.97 Å². The van der Waals surface area contributed by atoms with Crippen molar-refractivity contribution in [2.45, 2.75) is 19.3 Å². The van der Waals surface area contributed by atoms with Gasteiger partial charge in [-0.1, -0.05) is 37.3 Å². The molecule has 2 N–H and O–H groups in total. The third-order valence-corrected chi connectivity index (χ3v) is 5.54. The molecule has 34 heavy (non-hydrogen) atoms. The van der Waals surface area contributed by atoms with Crippen molar-refractivity contribution in [3.05, 3.63) is 94.9 Å². The van der Waals surface area contributed by atoms with E-state index in [1.807, 2.05) is 48.5 Å². The lowest BCUT2D eigenvalue weighted by atomic mass is 9.83. The van der Waals surface area contributed by atoms with Crippen LogP contribution < -0.4 is 24.7 Å². The summed E-state index contributed by atoms with van der Waals surface area (Å²) in [6.07, 6.45) is 0.928. The second-order valence-corrected chi connectivity index (χ2v) is 7.66. The van der Waals surface area contributed by atoms with E-state index < -0.39 is 11.9 Å². The van der Waals surface area contributed by atoms with Crippen LogP contribution in [0.4, 0.5) is 0 Å². The quantitative estimate of drug-likeness (QED) is 0.413. The molecule has 3 aromatic rings. The average molecular weight is 456 g/mol. The van der Waals surface area contributed by atoms with Crippen molar-refractivity contribution in [2.75, 3.05) is 13.7 Å². The van der Waals surface area contributed by atoms with Gasteiger partial charge in [0.1, 0.15) is 34.6 Å². The van der Waals surface area contributed by atoms with Gasteiger partial charge in [0.15, 0.2) is 6.61 Å². The van der Waals surface area contributed by atoms with Crippen LogP contribution in [0.2, 0.25) is 0 Å². The Kier molecular flexibility index (Phi) is 6.69. The number of allylic oxidation sites excluding steroid dienone is 1. The summed E-state index contributed by atoms with van der Waals surface area (Å²) in [6.45, 7) is 1.83. The number of carbonyl (C=O) groups excluding carboxylic acids is 1. The van der Waals surface area contributed by atoms with Crippen molar-refractivity contribution in [2.24, 2.45) is 5.73 Å². The summed E-state index contributed by atoms with van der Waals surface area (Å²) in [4.78, 5) is 12.3. The minimum absolute atomic E-state index is 0.00477. The third kappa shape index (κ3) is 4.81. The first-order chi connectivity index (χ1) is 16.5. The zero-order valence-corrected chi connectivity index (χ0v) is 18.9. The summed E-state index contributed by atoms with van der Waals surface area (Å²) in [6, 6.07) is 22.1. The van der Waals surface area contributed by atoms with E-state index in [0.717, 1.165) is 17.5 Å². The van der Waals surface area contributed by atoms with Gasteiger partial charge in [0.25, 0.3) is 0 Å². The number of hydrogen-bond acceptors (Lipinski definition) is 7. The second-order valence-electron chi connectivity index (χ2n) is 7.66. The van der Waals surface area contributed by atoms with Crippen LogP contribution in [-0.4, -0.2) is 19.7 Å². The van der Waals surface area contributed by atoms with E-state index >= 15 is 0 Å². The van der Waals surface area contributed by atoms with Gasteiger partial charge in [-0.3, -0.25) is 0 Å². The molecule has 0 aromatic heterocycles. The Hall–Kier alpha value is -4.44. The number of benzene rings is 3. The van der Waals surface area contributed by atoms with Crippen LogP contribution in [0.25, 0.3) is 0 Å². The van der Waals surface area contributed by atoms with E-state index in [9.17, 15) is 10.1 Å². The number of ether oxygens (including phenoxy) is 4. The van der Waals surface area contributed by atoms with Gasteiger partial charge in [-0.2, -0.15) is 5.26 Å². The Bertz CT molecular complexity index is 1270. The Balaban J connectivity index is 1.52. The molecule has 7 nitrogen and oxygen atoms in total. The molecule has 1 atom stereocenters. The predicted octanol–water partition coefficient (Wildman–Crippen LogP) is 4.46. The normalized spacial score (nSPS) is 14.4. The molecule has 1 aliphatic rings. The number of rotatable bonds is 7. The lowest BCUT2D eigenvalue weighted by Crippen LogP contribution is -2.21. The summed E-state index contributed by atoms with van der Waals surface area (Å²) in [5, 5.41) is 9.72. The summed E-state index contributed by atoms with van der Waals surface area (Å²) in [7, 11) is 1.58. The zero-order valence-electron chi connectivity index (χ0n) is 18.9. The summed E-state index contributed by atoms with van der Waals surface area (Å²) >= 11 is 0. The summed E-state index contributed by atoms with van der Waals surface area (Å²) in [5.41, 5.74) is 9.10. The predicted molar refractivity (Wildman–Crippen MR) is 126 cm³/mol. The number of esters is 1. The molecule has 1 unspecified atom stereocenters. The van der Waals surface area contributed by atoms with Gasteiger partial charge in [-0.05, 0) is 47.9 Å². The highest BCUT2D eigenvalue weighted by Crippen LogP contribution is 2.43. The molecular formula is C27H24N2O5. The van der Waals surface area contributed by atoms with Crippen LogP contribution in [0.1, 0.15) is 29.5 Å². The first-order valence-corrected chi connectivity index (χ1v) is 10.8.